The van der Waals surface area contributed by atoms with Crippen LogP contribution in [0.2, 0.25) is 0 Å². The van der Waals surface area contributed by atoms with Crippen LogP contribution in [0.3, 0.4) is 0 Å². The number of carboxylic acids is 1. The summed E-state index contributed by atoms with van der Waals surface area (Å²) >= 11 is 0. The molecule has 1 saturated heterocycles. The fraction of sp³-hybridized carbons (Fsp3) is 0.731. The SMILES string of the molecule is CC(C)[C@H](N)C(=O)N1CCC[C@H]1C(=O)N[C@@H](CCCN=C(N)N)C(=O)N[C@@H](CO)C(=O)N[C@H](C(=O)NCC(=O)O)C(C)C. The van der Waals surface area contributed by atoms with Crippen molar-refractivity contribution in [1.82, 2.24) is 26.2 Å². The molecule has 43 heavy (non-hydrogen) atoms. The number of nitrogens with zero attached hydrogens (tertiary/aromatic N) is 2. The third kappa shape index (κ3) is 12.0. The Morgan fingerprint density at radius 3 is 2.09 bits per heavy atom. The number of likely N-dealkylation sites (tertiary alicyclic amines) is 1. The molecule has 0 radical (unpaired) electrons. The van der Waals surface area contributed by atoms with Gasteiger partial charge < -0.3 is 53.6 Å². The molecule has 0 saturated carbocycles. The summed E-state index contributed by atoms with van der Waals surface area (Å²) in [4.78, 5) is 80.9. The second-order valence-electron chi connectivity index (χ2n) is 11.1. The molecule has 244 valence electrons. The lowest BCUT2D eigenvalue weighted by molar-refractivity contribution is -0.141. The molecule has 1 aliphatic heterocycles. The van der Waals surface area contributed by atoms with Crippen LogP contribution >= 0.6 is 0 Å². The molecule has 0 aromatic rings. The first-order valence-corrected chi connectivity index (χ1v) is 14.2. The van der Waals surface area contributed by atoms with E-state index in [0.29, 0.717) is 19.4 Å². The van der Waals surface area contributed by atoms with Gasteiger partial charge in [-0.15, -0.1) is 0 Å². The first-order valence-electron chi connectivity index (χ1n) is 14.2. The topological polar surface area (TPSA) is 285 Å². The van der Waals surface area contributed by atoms with Gasteiger partial charge in [0.1, 0.15) is 30.7 Å². The Labute approximate surface area is 250 Å². The lowest BCUT2D eigenvalue weighted by Crippen LogP contribution is -2.60. The number of nitrogens with one attached hydrogen (secondary N) is 4. The average Bonchev–Trinajstić information content (AvgIpc) is 3.43. The number of hydrogen-bond acceptors (Lipinski definition) is 9. The van der Waals surface area contributed by atoms with Crippen molar-refractivity contribution in [2.24, 2.45) is 34.0 Å². The van der Waals surface area contributed by atoms with E-state index in [0.717, 1.165) is 0 Å². The summed E-state index contributed by atoms with van der Waals surface area (Å²) < 4.78 is 0. The van der Waals surface area contributed by atoms with Crippen molar-refractivity contribution in [3.05, 3.63) is 0 Å². The van der Waals surface area contributed by atoms with Crippen LogP contribution in [0.4, 0.5) is 0 Å². The number of hydrogen-bond donors (Lipinski definition) is 9. The van der Waals surface area contributed by atoms with Crippen LogP contribution in [0.15, 0.2) is 4.99 Å². The minimum Gasteiger partial charge on any atom is -0.480 e. The molecule has 0 unspecified atom stereocenters. The molecule has 1 rings (SSSR count). The molecule has 0 aliphatic carbocycles. The second-order valence-corrected chi connectivity index (χ2v) is 11.1. The number of aliphatic hydroxyl groups is 1. The van der Waals surface area contributed by atoms with Gasteiger partial charge in [-0.3, -0.25) is 33.8 Å². The number of rotatable bonds is 17. The zero-order valence-electron chi connectivity index (χ0n) is 25.2. The lowest BCUT2D eigenvalue weighted by atomic mass is 10.0. The van der Waals surface area contributed by atoms with Gasteiger partial charge >= 0.3 is 5.97 Å². The molecule has 0 aromatic carbocycles. The minimum atomic E-state index is -1.51. The van der Waals surface area contributed by atoms with Gasteiger partial charge in [-0.2, -0.15) is 0 Å². The largest absolute Gasteiger partial charge is 0.480 e. The summed E-state index contributed by atoms with van der Waals surface area (Å²) in [6.07, 6.45) is 1.25. The normalized spacial score (nSPS) is 17.4. The zero-order chi connectivity index (χ0) is 32.9. The Morgan fingerprint density at radius 1 is 0.930 bits per heavy atom. The van der Waals surface area contributed by atoms with E-state index in [-0.39, 0.29) is 37.2 Å². The summed E-state index contributed by atoms with van der Waals surface area (Å²) in [6, 6.07) is -5.50. The fourth-order valence-corrected chi connectivity index (χ4v) is 4.35. The van der Waals surface area contributed by atoms with Gasteiger partial charge in [-0.1, -0.05) is 27.7 Å². The van der Waals surface area contributed by atoms with E-state index in [1.165, 1.54) is 4.90 Å². The van der Waals surface area contributed by atoms with E-state index in [1.54, 1.807) is 27.7 Å². The first-order chi connectivity index (χ1) is 20.1. The van der Waals surface area contributed by atoms with Gasteiger partial charge in [-0.05, 0) is 37.5 Å². The molecule has 1 aliphatic rings. The summed E-state index contributed by atoms with van der Waals surface area (Å²) in [5.41, 5.74) is 16.7. The van der Waals surface area contributed by atoms with Crippen molar-refractivity contribution in [1.29, 1.82) is 0 Å². The van der Waals surface area contributed by atoms with E-state index < -0.39 is 78.9 Å². The zero-order valence-corrected chi connectivity index (χ0v) is 25.2. The second kappa shape index (κ2) is 17.8. The van der Waals surface area contributed by atoms with Gasteiger partial charge in [0.05, 0.1) is 12.6 Å². The fourth-order valence-electron chi connectivity index (χ4n) is 4.35. The smallest absolute Gasteiger partial charge is 0.322 e. The lowest BCUT2D eigenvalue weighted by Gasteiger charge is -2.30. The monoisotopic (exact) mass is 613 g/mol. The predicted molar refractivity (Wildman–Crippen MR) is 156 cm³/mol. The Kier molecular flexibility index (Phi) is 15.4. The molecule has 17 heteroatoms. The van der Waals surface area contributed by atoms with Crippen molar-refractivity contribution in [3.8, 4) is 0 Å². The molecule has 17 nitrogen and oxygen atoms in total. The van der Waals surface area contributed by atoms with Crippen LogP contribution in [0, 0.1) is 11.8 Å². The molecule has 0 bridgehead atoms. The molecule has 5 amide bonds. The van der Waals surface area contributed by atoms with Gasteiger partial charge in [-0.25, -0.2) is 0 Å². The van der Waals surface area contributed by atoms with Gasteiger partial charge in [0.15, 0.2) is 5.96 Å². The predicted octanol–water partition coefficient (Wildman–Crippen LogP) is -3.68. The molecule has 1 fully saturated rings. The number of amides is 5. The number of aliphatic hydroxyl groups excluding tert-OH is 1. The Balaban J connectivity index is 3.06. The Morgan fingerprint density at radius 2 is 1.56 bits per heavy atom. The van der Waals surface area contributed by atoms with E-state index in [9.17, 15) is 33.9 Å². The highest BCUT2D eigenvalue weighted by atomic mass is 16.4. The summed E-state index contributed by atoms with van der Waals surface area (Å²) in [6.45, 7) is 5.80. The number of aliphatic carboxylic acids is 1. The molecule has 5 atom stereocenters. The number of carbonyl (C=O) groups excluding carboxylic acids is 5. The molecule has 0 aromatic heterocycles. The molecule has 1 heterocycles. The van der Waals surface area contributed by atoms with Gasteiger partial charge in [0, 0.05) is 13.1 Å². The average molecular weight is 614 g/mol. The highest BCUT2D eigenvalue weighted by Crippen LogP contribution is 2.20. The minimum absolute atomic E-state index is 0.0481. The number of carbonyl (C=O) groups is 6. The van der Waals surface area contributed by atoms with Crippen molar-refractivity contribution in [2.45, 2.75) is 83.6 Å². The van der Waals surface area contributed by atoms with Crippen LogP contribution in [0.1, 0.15) is 53.4 Å². The molecular formula is C26H47N9O8. The van der Waals surface area contributed by atoms with Crippen LogP contribution in [-0.4, -0.2) is 113 Å². The van der Waals surface area contributed by atoms with Crippen LogP contribution in [0.5, 0.6) is 0 Å². The number of aliphatic imine (C=N–C) groups is 1. The highest BCUT2D eigenvalue weighted by Gasteiger charge is 2.38. The summed E-state index contributed by atoms with van der Waals surface area (Å²) in [5, 5.41) is 28.3. The van der Waals surface area contributed by atoms with E-state index in [1.807, 2.05) is 0 Å². The quantitative estimate of drug-likeness (QED) is 0.0437. The molecular weight excluding hydrogens is 566 g/mol. The maximum atomic E-state index is 13.3. The van der Waals surface area contributed by atoms with Crippen molar-refractivity contribution < 1.29 is 39.0 Å². The summed E-state index contributed by atoms with van der Waals surface area (Å²) in [7, 11) is 0. The van der Waals surface area contributed by atoms with E-state index in [2.05, 4.69) is 26.3 Å². The molecule has 0 spiro atoms. The van der Waals surface area contributed by atoms with Crippen LogP contribution in [0.25, 0.3) is 0 Å². The number of nitrogens with two attached hydrogens (primary N) is 3. The van der Waals surface area contributed by atoms with Crippen molar-refractivity contribution in [3.63, 3.8) is 0 Å². The van der Waals surface area contributed by atoms with E-state index >= 15 is 0 Å². The maximum absolute atomic E-state index is 13.3. The van der Waals surface area contributed by atoms with Crippen molar-refractivity contribution in [2.75, 3.05) is 26.2 Å². The first kappa shape index (κ1) is 37.0. The number of carboxylic acid groups (broad SMARTS) is 1. The summed E-state index contributed by atoms with van der Waals surface area (Å²) in [5.74, 6) is -5.46. The van der Waals surface area contributed by atoms with Gasteiger partial charge in [0.25, 0.3) is 0 Å². The third-order valence-electron chi connectivity index (χ3n) is 6.90. The van der Waals surface area contributed by atoms with Gasteiger partial charge in [0.2, 0.25) is 29.5 Å². The van der Waals surface area contributed by atoms with Crippen LogP contribution < -0.4 is 38.5 Å². The van der Waals surface area contributed by atoms with Crippen LogP contribution in [-0.2, 0) is 28.8 Å². The molecule has 12 N–H and O–H groups in total. The number of guanidine groups is 1. The maximum Gasteiger partial charge on any atom is 0.322 e. The standard InChI is InChI=1S/C26H47N9O8/c1-13(2)19(27)25(43)35-10-6-8-17(35)23(41)32-15(7-5-9-30-26(28)29)21(39)33-16(12-36)22(40)34-20(14(3)4)24(42)31-11-18(37)38/h13-17,19-20,36H,5-12,27H2,1-4H3,(H,31,42)(H,32,41)(H,33,39)(H,34,40)(H,37,38)(H4,28,29,30)/t15-,16-,17-,19-,20-/m0/s1. The Hall–Kier alpha value is -3.99. The van der Waals surface area contributed by atoms with E-state index in [4.69, 9.17) is 22.3 Å². The van der Waals surface area contributed by atoms with Crippen molar-refractivity contribution >= 4 is 41.5 Å². The highest BCUT2D eigenvalue weighted by molar-refractivity contribution is 5.96. The Bertz CT molecular complexity index is 1030. The third-order valence-corrected chi connectivity index (χ3v) is 6.90.